The first-order chi connectivity index (χ1) is 12.1. The number of benzene rings is 2. The molecule has 3 aromatic rings. The topological polar surface area (TPSA) is 85.2 Å². The van der Waals surface area contributed by atoms with E-state index in [-0.39, 0.29) is 4.90 Å². The molecule has 0 aliphatic rings. The second-order valence-electron chi connectivity index (χ2n) is 5.74. The molecule has 26 heavy (non-hydrogen) atoms. The Morgan fingerprint density at radius 3 is 2.42 bits per heavy atom. The van der Waals surface area contributed by atoms with Crippen LogP contribution in [0.2, 0.25) is 0 Å². The summed E-state index contributed by atoms with van der Waals surface area (Å²) in [7, 11) is -2.78. The van der Waals surface area contributed by atoms with E-state index in [9.17, 15) is 21.6 Å². The molecule has 0 aliphatic heterocycles. The van der Waals surface area contributed by atoms with Gasteiger partial charge in [0.15, 0.2) is 0 Å². The van der Waals surface area contributed by atoms with Crippen molar-refractivity contribution in [1.29, 1.82) is 0 Å². The first-order valence-corrected chi connectivity index (χ1v) is 8.92. The fourth-order valence-corrected chi connectivity index (χ4v) is 4.49. The average molecular weight is 384 g/mol. The molecule has 138 valence electrons. The minimum absolute atomic E-state index is 0.0932. The quantitative estimate of drug-likeness (QED) is 0.671. The highest BCUT2D eigenvalue weighted by Crippen LogP contribution is 2.38. The first-order valence-electron chi connectivity index (χ1n) is 7.44. The Balaban J connectivity index is 2.27. The molecular formula is C17H15F3N2O3S. The third-order valence-electron chi connectivity index (χ3n) is 4.04. The fraction of sp³-hybridized carbons (Fsp3) is 0.176. The lowest BCUT2D eigenvalue weighted by Crippen LogP contribution is -2.11. The Hall–Kier alpha value is -2.68. The van der Waals surface area contributed by atoms with Crippen molar-refractivity contribution in [1.82, 2.24) is 4.98 Å². The molecule has 0 saturated carbocycles. The van der Waals surface area contributed by atoms with E-state index in [0.29, 0.717) is 28.4 Å². The minimum Gasteiger partial charge on any atom is -0.497 e. The molecule has 1 aromatic heterocycles. The third kappa shape index (κ3) is 2.88. The lowest BCUT2D eigenvalue weighted by atomic mass is 10.2. The number of hydrogen-bond donors (Lipinski definition) is 2. The molecule has 0 spiro atoms. The number of hydrogen-bond acceptors (Lipinski definition) is 4. The number of sulfone groups is 1. The van der Waals surface area contributed by atoms with Gasteiger partial charge in [0.25, 0.3) is 0 Å². The number of rotatable bonds is 3. The number of H-pyrrole nitrogens is 1. The summed E-state index contributed by atoms with van der Waals surface area (Å²) in [4.78, 5) is 2.35. The normalized spacial score (nSPS) is 12.5. The van der Waals surface area contributed by atoms with Gasteiger partial charge in [-0.1, -0.05) is 0 Å². The van der Waals surface area contributed by atoms with Crippen molar-refractivity contribution in [2.45, 2.75) is 22.9 Å². The van der Waals surface area contributed by atoms with E-state index in [1.54, 1.807) is 19.1 Å². The number of methoxy groups -OCH3 is 1. The highest BCUT2D eigenvalue weighted by Gasteiger charge is 2.35. The summed E-state index contributed by atoms with van der Waals surface area (Å²) in [5.41, 5.74) is 4.49. The fourth-order valence-electron chi connectivity index (χ4n) is 2.82. The number of nitrogen functional groups attached to an aromatic ring is 1. The Labute approximate surface area is 147 Å². The molecule has 1 heterocycles. The van der Waals surface area contributed by atoms with Crippen LogP contribution in [-0.4, -0.2) is 20.5 Å². The molecule has 0 bridgehead atoms. The molecule has 5 nitrogen and oxygen atoms in total. The van der Waals surface area contributed by atoms with Gasteiger partial charge in [0, 0.05) is 22.3 Å². The monoisotopic (exact) mass is 384 g/mol. The van der Waals surface area contributed by atoms with E-state index in [2.05, 4.69) is 4.98 Å². The van der Waals surface area contributed by atoms with Crippen LogP contribution in [0.3, 0.4) is 0 Å². The lowest BCUT2D eigenvalue weighted by molar-refractivity contribution is -0.137. The molecular weight excluding hydrogens is 369 g/mol. The van der Waals surface area contributed by atoms with Gasteiger partial charge < -0.3 is 15.5 Å². The largest absolute Gasteiger partial charge is 0.497 e. The van der Waals surface area contributed by atoms with Gasteiger partial charge in [0.05, 0.1) is 17.6 Å². The maximum atomic E-state index is 13.1. The van der Waals surface area contributed by atoms with Crippen LogP contribution in [0.1, 0.15) is 11.3 Å². The van der Waals surface area contributed by atoms with Crippen molar-refractivity contribution in [3.05, 3.63) is 47.7 Å². The number of aromatic amines is 1. The summed E-state index contributed by atoms with van der Waals surface area (Å²) in [5, 5.41) is 0.340. The summed E-state index contributed by atoms with van der Waals surface area (Å²) < 4.78 is 70.5. The summed E-state index contributed by atoms with van der Waals surface area (Å²) in [6, 6.07) is 7.39. The second kappa shape index (κ2) is 5.94. The van der Waals surface area contributed by atoms with E-state index in [0.717, 1.165) is 12.1 Å². The number of alkyl halides is 3. The number of anilines is 1. The van der Waals surface area contributed by atoms with Crippen molar-refractivity contribution in [3.8, 4) is 5.75 Å². The van der Waals surface area contributed by atoms with Gasteiger partial charge in [0.1, 0.15) is 10.6 Å². The molecule has 0 unspecified atom stereocenters. The predicted molar refractivity (Wildman–Crippen MR) is 90.9 cm³/mol. The van der Waals surface area contributed by atoms with Crippen LogP contribution in [0.5, 0.6) is 5.75 Å². The first kappa shape index (κ1) is 18.1. The highest BCUT2D eigenvalue weighted by molar-refractivity contribution is 7.91. The van der Waals surface area contributed by atoms with E-state index < -0.39 is 32.2 Å². The maximum Gasteiger partial charge on any atom is 0.418 e. The summed E-state index contributed by atoms with van der Waals surface area (Å²) >= 11 is 0. The number of fused-ring (bicyclic) bond motifs is 1. The third-order valence-corrected chi connectivity index (χ3v) is 5.98. The SMILES string of the molecule is COc1ccc2[nH]c(C)c(S(=O)(=O)c3ccc(N)c(C(F)(F)F)c3)c2c1. The molecule has 0 amide bonds. The predicted octanol–water partition coefficient (Wildman–Crippen LogP) is 3.92. The van der Waals surface area contributed by atoms with E-state index in [4.69, 9.17) is 10.5 Å². The van der Waals surface area contributed by atoms with Crippen LogP contribution in [0, 0.1) is 6.92 Å². The van der Waals surface area contributed by atoms with E-state index in [1.807, 2.05) is 0 Å². The number of ether oxygens (including phenoxy) is 1. The van der Waals surface area contributed by atoms with Crippen molar-refractivity contribution in [3.63, 3.8) is 0 Å². The van der Waals surface area contributed by atoms with Crippen LogP contribution in [0.15, 0.2) is 46.2 Å². The number of nitrogens with two attached hydrogens (primary N) is 1. The molecule has 0 saturated heterocycles. The smallest absolute Gasteiger partial charge is 0.418 e. The second-order valence-corrected chi connectivity index (χ2v) is 7.63. The van der Waals surface area contributed by atoms with Crippen LogP contribution < -0.4 is 10.5 Å². The van der Waals surface area contributed by atoms with Crippen LogP contribution >= 0.6 is 0 Å². The number of aromatic nitrogens is 1. The van der Waals surface area contributed by atoms with Crippen molar-refractivity contribution < 1.29 is 26.3 Å². The van der Waals surface area contributed by atoms with Gasteiger partial charge in [-0.2, -0.15) is 13.2 Å². The molecule has 2 aromatic carbocycles. The van der Waals surface area contributed by atoms with Crippen molar-refractivity contribution in [2.24, 2.45) is 0 Å². The minimum atomic E-state index is -4.76. The molecule has 3 rings (SSSR count). The van der Waals surface area contributed by atoms with Gasteiger partial charge in [-0.25, -0.2) is 8.42 Å². The van der Waals surface area contributed by atoms with Crippen molar-refractivity contribution in [2.75, 3.05) is 12.8 Å². The molecule has 0 atom stereocenters. The van der Waals surface area contributed by atoms with Crippen LogP contribution in [-0.2, 0) is 16.0 Å². The number of aryl methyl sites for hydroxylation is 1. The van der Waals surface area contributed by atoms with E-state index >= 15 is 0 Å². The zero-order valence-electron chi connectivity index (χ0n) is 13.8. The van der Waals surface area contributed by atoms with Gasteiger partial charge in [-0.3, -0.25) is 0 Å². The molecule has 9 heteroatoms. The molecule has 3 N–H and O–H groups in total. The number of halogens is 3. The molecule has 0 aliphatic carbocycles. The molecule has 0 fully saturated rings. The zero-order valence-corrected chi connectivity index (χ0v) is 14.6. The Morgan fingerprint density at radius 1 is 1.12 bits per heavy atom. The van der Waals surface area contributed by atoms with Crippen LogP contribution in [0.4, 0.5) is 18.9 Å². The maximum absolute atomic E-state index is 13.1. The average Bonchev–Trinajstić information content (AvgIpc) is 2.89. The van der Waals surface area contributed by atoms with Gasteiger partial charge >= 0.3 is 6.18 Å². The summed E-state index contributed by atoms with van der Waals surface area (Å²) in [6.45, 7) is 1.54. The van der Waals surface area contributed by atoms with Crippen LogP contribution in [0.25, 0.3) is 10.9 Å². The van der Waals surface area contributed by atoms with Gasteiger partial charge in [0.2, 0.25) is 9.84 Å². The lowest BCUT2D eigenvalue weighted by Gasteiger charge is -2.12. The van der Waals surface area contributed by atoms with Gasteiger partial charge in [-0.05, 0) is 43.3 Å². The number of nitrogens with one attached hydrogen (secondary N) is 1. The summed E-state index contributed by atoms with van der Waals surface area (Å²) in [5.74, 6) is 0.432. The summed E-state index contributed by atoms with van der Waals surface area (Å²) in [6.07, 6.45) is -4.76. The van der Waals surface area contributed by atoms with Crippen molar-refractivity contribution >= 4 is 26.4 Å². The highest BCUT2D eigenvalue weighted by atomic mass is 32.2. The Kier molecular flexibility index (Phi) is 4.14. The zero-order chi connectivity index (χ0) is 19.3. The Morgan fingerprint density at radius 2 is 1.81 bits per heavy atom. The Bertz CT molecular complexity index is 1100. The standard InChI is InChI=1S/C17H15F3N2O3S/c1-9-16(12-7-10(25-2)3-6-15(12)22-9)26(23,24)11-4-5-14(21)13(8-11)17(18,19)20/h3-8,22H,21H2,1-2H3. The molecule has 0 radical (unpaired) electrons. The van der Waals surface area contributed by atoms with E-state index in [1.165, 1.54) is 13.2 Å². The van der Waals surface area contributed by atoms with Gasteiger partial charge in [-0.15, -0.1) is 0 Å².